The maximum atomic E-state index is 11.0. The summed E-state index contributed by atoms with van der Waals surface area (Å²) in [7, 11) is 0. The molecule has 1 aliphatic rings. The zero-order valence-corrected chi connectivity index (χ0v) is 13.0. The number of piperidine rings is 1. The molecule has 2 aromatic carbocycles. The third-order valence-corrected chi connectivity index (χ3v) is 4.26. The molecule has 124 valence electrons. The van der Waals surface area contributed by atoms with E-state index in [1.165, 1.54) is 4.90 Å². The first-order valence-electron chi connectivity index (χ1n) is 7.77. The van der Waals surface area contributed by atoms with Gasteiger partial charge in [-0.3, -0.25) is 0 Å². The molecule has 1 heterocycles. The van der Waals surface area contributed by atoms with E-state index in [-0.39, 0.29) is 12.6 Å². The second-order valence-corrected chi connectivity index (χ2v) is 5.80. The Morgan fingerprint density at radius 1 is 1.33 bits per heavy atom. The van der Waals surface area contributed by atoms with E-state index in [1.54, 1.807) is 0 Å². The number of likely N-dealkylation sites (tertiary alicyclic amines) is 1. The van der Waals surface area contributed by atoms with Gasteiger partial charge in [0.05, 0.1) is 18.8 Å². The predicted octanol–water partition coefficient (Wildman–Crippen LogP) is 2.45. The molecule has 0 aliphatic carbocycles. The Bertz CT molecular complexity index is 788. The van der Waals surface area contributed by atoms with Crippen LogP contribution in [0.3, 0.4) is 0 Å². The fourth-order valence-corrected chi connectivity index (χ4v) is 2.96. The molecule has 0 saturated carbocycles. The van der Waals surface area contributed by atoms with Crippen molar-refractivity contribution in [2.45, 2.75) is 25.2 Å². The summed E-state index contributed by atoms with van der Waals surface area (Å²) in [5.74, 6) is 0. The van der Waals surface area contributed by atoms with Gasteiger partial charge in [0.1, 0.15) is 6.09 Å². The first kappa shape index (κ1) is 16.1. The average molecular weight is 325 g/mol. The number of fused-ring (bicyclic) bond motifs is 1. The number of nitrogens with zero attached hydrogens (tertiary/aromatic N) is 4. The Hall–Kier alpha value is -2.76. The third-order valence-electron chi connectivity index (χ3n) is 4.26. The van der Waals surface area contributed by atoms with E-state index in [0.29, 0.717) is 19.6 Å². The van der Waals surface area contributed by atoms with Gasteiger partial charge in [-0.15, -0.1) is 0 Å². The average Bonchev–Trinajstić information content (AvgIpc) is 2.60. The highest BCUT2D eigenvalue weighted by Gasteiger charge is 2.29. The fraction of sp³-hybridized carbons (Fsp3) is 0.353. The lowest BCUT2D eigenvalue weighted by molar-refractivity contribution is -0.268. The Balaban J connectivity index is 1.71. The Morgan fingerprint density at radius 2 is 2.12 bits per heavy atom. The van der Waals surface area contributed by atoms with Crippen LogP contribution in [0.15, 0.2) is 47.6 Å². The van der Waals surface area contributed by atoms with Crippen molar-refractivity contribution in [3.05, 3.63) is 58.5 Å². The van der Waals surface area contributed by atoms with Crippen LogP contribution in [-0.2, 0) is 11.3 Å². The lowest BCUT2D eigenvalue weighted by Gasteiger charge is -2.37. The number of carbonyl (C=O) groups excluding carboxylic acids is 1. The highest BCUT2D eigenvalue weighted by molar-refractivity contribution is 5.82. The number of rotatable bonds is 4. The summed E-state index contributed by atoms with van der Waals surface area (Å²) >= 11 is 0. The van der Waals surface area contributed by atoms with E-state index in [1.807, 2.05) is 42.5 Å². The second-order valence-electron chi connectivity index (χ2n) is 5.80. The van der Waals surface area contributed by atoms with E-state index in [0.717, 1.165) is 16.3 Å². The van der Waals surface area contributed by atoms with Gasteiger partial charge in [-0.2, -0.15) is 0 Å². The summed E-state index contributed by atoms with van der Waals surface area (Å²) in [5.41, 5.74) is 9.66. The Labute approximate surface area is 139 Å². The normalized spacial score (nSPS) is 20.6. The molecule has 1 aliphatic heterocycles. The number of carboxylic acid groups (broad SMARTS) is 1. The van der Waals surface area contributed by atoms with Crippen LogP contribution in [0.4, 0.5) is 4.79 Å². The smallest absolute Gasteiger partial charge is 0.137 e. The largest absolute Gasteiger partial charge is 0.530 e. The number of benzene rings is 2. The summed E-state index contributed by atoms with van der Waals surface area (Å²) in [6, 6.07) is 13.7. The van der Waals surface area contributed by atoms with E-state index in [4.69, 9.17) is 10.3 Å². The Kier molecular flexibility index (Phi) is 4.84. The van der Waals surface area contributed by atoms with Gasteiger partial charge >= 0.3 is 0 Å². The summed E-state index contributed by atoms with van der Waals surface area (Å²) < 4.78 is 5.87. The third kappa shape index (κ3) is 3.59. The zero-order valence-electron chi connectivity index (χ0n) is 13.0. The number of carbonyl (C=O) groups is 1. The van der Waals surface area contributed by atoms with Crippen LogP contribution in [0.25, 0.3) is 21.2 Å². The van der Waals surface area contributed by atoms with Gasteiger partial charge in [-0.25, -0.2) is 0 Å². The molecule has 0 N–H and O–H groups in total. The Morgan fingerprint density at radius 3 is 2.88 bits per heavy atom. The van der Waals surface area contributed by atoms with Gasteiger partial charge in [0.25, 0.3) is 0 Å². The van der Waals surface area contributed by atoms with Crippen LogP contribution in [0.5, 0.6) is 0 Å². The van der Waals surface area contributed by atoms with Crippen LogP contribution < -0.4 is 5.11 Å². The first-order valence-corrected chi connectivity index (χ1v) is 7.77. The lowest BCUT2D eigenvalue weighted by atomic mass is 10.0. The van der Waals surface area contributed by atoms with Crippen molar-refractivity contribution < 1.29 is 14.6 Å². The molecule has 1 fully saturated rings. The van der Waals surface area contributed by atoms with Crippen LogP contribution >= 0.6 is 0 Å². The SMILES string of the molecule is [N-]=[N+]=NC1CCN(C(=O)[O-])CC1OCc1ccc2ccccc2c1. The van der Waals surface area contributed by atoms with E-state index in [9.17, 15) is 9.90 Å². The minimum absolute atomic E-state index is 0.152. The summed E-state index contributed by atoms with van der Waals surface area (Å²) in [6.45, 7) is 0.773. The fourth-order valence-electron chi connectivity index (χ4n) is 2.96. The summed E-state index contributed by atoms with van der Waals surface area (Å²) in [4.78, 5) is 15.1. The lowest BCUT2D eigenvalue weighted by Crippen LogP contribution is -2.53. The second kappa shape index (κ2) is 7.21. The van der Waals surface area contributed by atoms with E-state index in [2.05, 4.69) is 10.0 Å². The first-order chi connectivity index (χ1) is 11.7. The van der Waals surface area contributed by atoms with Crippen LogP contribution in [0.2, 0.25) is 0 Å². The topological polar surface area (TPSA) is 101 Å². The van der Waals surface area contributed by atoms with Crippen LogP contribution in [-0.4, -0.2) is 36.2 Å². The van der Waals surface area contributed by atoms with Crippen molar-refractivity contribution in [2.75, 3.05) is 13.1 Å². The molecule has 24 heavy (non-hydrogen) atoms. The van der Waals surface area contributed by atoms with Crippen LogP contribution in [0, 0.1) is 0 Å². The molecule has 0 aromatic heterocycles. The predicted molar refractivity (Wildman–Crippen MR) is 87.0 cm³/mol. The van der Waals surface area contributed by atoms with Gasteiger partial charge in [0, 0.05) is 18.0 Å². The number of ether oxygens (including phenoxy) is 1. The van der Waals surface area contributed by atoms with Gasteiger partial charge in [-0.1, -0.05) is 41.5 Å². The monoisotopic (exact) mass is 325 g/mol. The molecule has 2 unspecified atom stereocenters. The molecule has 0 spiro atoms. The number of azide groups is 1. The standard InChI is InChI=1S/C17H18N4O3/c18-20-19-15-7-8-21(17(22)23)10-16(15)24-11-12-5-6-13-3-1-2-4-14(13)9-12/h1-6,9,15-16H,7-8,10-11H2,(H,22,23)/p-1. The molecule has 2 atom stereocenters. The molecule has 1 amide bonds. The van der Waals surface area contributed by atoms with Crippen molar-refractivity contribution in [2.24, 2.45) is 5.11 Å². The van der Waals surface area contributed by atoms with Crippen LogP contribution in [0.1, 0.15) is 12.0 Å². The maximum absolute atomic E-state index is 11.0. The molecule has 0 radical (unpaired) electrons. The molecule has 7 nitrogen and oxygen atoms in total. The summed E-state index contributed by atoms with van der Waals surface area (Å²) in [6.07, 6.45) is -1.27. The minimum atomic E-state index is -1.23. The van der Waals surface area contributed by atoms with Crippen molar-refractivity contribution in [1.82, 2.24) is 4.90 Å². The number of amides is 1. The number of hydrogen-bond acceptors (Lipinski definition) is 4. The minimum Gasteiger partial charge on any atom is -0.530 e. The van der Waals surface area contributed by atoms with Gasteiger partial charge in [-0.05, 0) is 34.4 Å². The molecule has 0 bridgehead atoms. The van der Waals surface area contributed by atoms with E-state index >= 15 is 0 Å². The summed E-state index contributed by atoms with van der Waals surface area (Å²) in [5, 5.41) is 17.0. The van der Waals surface area contributed by atoms with Crippen molar-refractivity contribution in [3.63, 3.8) is 0 Å². The molecule has 2 aromatic rings. The maximum Gasteiger partial charge on any atom is 0.137 e. The molecular formula is C17H17N4O3-. The molecule has 3 rings (SSSR count). The highest BCUT2D eigenvalue weighted by atomic mass is 16.5. The number of hydrogen-bond donors (Lipinski definition) is 0. The van der Waals surface area contributed by atoms with Gasteiger partial charge in [0.2, 0.25) is 0 Å². The van der Waals surface area contributed by atoms with Crippen molar-refractivity contribution >= 4 is 16.9 Å². The highest BCUT2D eigenvalue weighted by Crippen LogP contribution is 2.21. The van der Waals surface area contributed by atoms with Gasteiger partial charge < -0.3 is 19.5 Å². The molecule has 7 heteroatoms. The molecule has 1 saturated heterocycles. The van der Waals surface area contributed by atoms with Crippen molar-refractivity contribution in [1.29, 1.82) is 0 Å². The van der Waals surface area contributed by atoms with E-state index < -0.39 is 12.2 Å². The quantitative estimate of drug-likeness (QED) is 0.490. The van der Waals surface area contributed by atoms with Crippen molar-refractivity contribution in [3.8, 4) is 0 Å². The molecular weight excluding hydrogens is 308 g/mol. The zero-order chi connectivity index (χ0) is 16.9. The van der Waals surface area contributed by atoms with Gasteiger partial charge in [0.15, 0.2) is 0 Å².